The van der Waals surface area contributed by atoms with Crippen LogP contribution >= 0.6 is 0 Å². The zero-order valence-corrected chi connectivity index (χ0v) is 16.9. The van der Waals surface area contributed by atoms with Gasteiger partial charge in [0.25, 0.3) is 11.8 Å². The van der Waals surface area contributed by atoms with Crippen molar-refractivity contribution in [3.05, 3.63) is 101 Å². The summed E-state index contributed by atoms with van der Waals surface area (Å²) in [6, 6.07) is 15.4. The van der Waals surface area contributed by atoms with Gasteiger partial charge in [0.2, 0.25) is 0 Å². The smallest absolute Gasteiger partial charge is 0.278 e. The van der Waals surface area contributed by atoms with Crippen molar-refractivity contribution >= 4 is 23.1 Å². The van der Waals surface area contributed by atoms with Crippen LogP contribution in [0.5, 0.6) is 5.75 Å². The molecule has 32 heavy (non-hydrogen) atoms. The summed E-state index contributed by atoms with van der Waals surface area (Å²) in [5, 5.41) is 2.73. The maximum atomic E-state index is 14.2. The predicted octanol–water partition coefficient (Wildman–Crippen LogP) is 4.50. The molecule has 4 rings (SSSR count). The number of anilines is 1. The number of amides is 2. The largest absolute Gasteiger partial charge is 0.496 e. The monoisotopic (exact) mass is 438 g/mol. The molecule has 1 heterocycles. The van der Waals surface area contributed by atoms with Gasteiger partial charge in [-0.15, -0.1) is 0 Å². The molecule has 5 nitrogen and oxygen atoms in total. The average molecular weight is 438 g/mol. The van der Waals surface area contributed by atoms with Gasteiger partial charge in [0.15, 0.2) is 11.6 Å². The van der Waals surface area contributed by atoms with E-state index in [-0.39, 0.29) is 29.1 Å². The van der Waals surface area contributed by atoms with Crippen LogP contribution in [0.3, 0.4) is 0 Å². The topological polar surface area (TPSA) is 58.6 Å². The number of nitrogens with one attached hydrogen (secondary N) is 1. The normalized spacial score (nSPS) is 13.7. The number of hydrogen-bond donors (Lipinski definition) is 1. The number of methoxy groups -OCH3 is 1. The van der Waals surface area contributed by atoms with Gasteiger partial charge >= 0.3 is 0 Å². The van der Waals surface area contributed by atoms with Gasteiger partial charge < -0.3 is 10.1 Å². The lowest BCUT2D eigenvalue weighted by Crippen LogP contribution is -2.32. The molecule has 0 saturated heterocycles. The summed E-state index contributed by atoms with van der Waals surface area (Å²) in [4.78, 5) is 27.4. The second-order valence-corrected chi connectivity index (χ2v) is 6.99. The first-order valence-corrected chi connectivity index (χ1v) is 9.60. The molecule has 0 aromatic heterocycles. The van der Waals surface area contributed by atoms with Crippen molar-refractivity contribution in [1.82, 2.24) is 4.90 Å². The number of rotatable bonds is 6. The summed E-state index contributed by atoms with van der Waals surface area (Å²) < 4.78 is 46.6. The number of benzene rings is 3. The van der Waals surface area contributed by atoms with Crippen LogP contribution in [0.1, 0.15) is 11.1 Å². The van der Waals surface area contributed by atoms with E-state index in [0.717, 1.165) is 17.0 Å². The molecule has 0 fully saturated rings. The van der Waals surface area contributed by atoms with Gasteiger partial charge in [-0.05, 0) is 24.3 Å². The Kier molecular flexibility index (Phi) is 5.68. The molecule has 0 radical (unpaired) electrons. The molecule has 1 aliphatic heterocycles. The minimum Gasteiger partial charge on any atom is -0.496 e. The number of imide groups is 1. The van der Waals surface area contributed by atoms with Gasteiger partial charge in [0.05, 0.1) is 19.2 Å². The number of halogens is 3. The third-order valence-electron chi connectivity index (χ3n) is 5.02. The molecule has 3 aromatic rings. The minimum atomic E-state index is -1.12. The highest BCUT2D eigenvalue weighted by Gasteiger charge is 2.40. The standard InChI is InChI=1S/C24H17F3N2O3/c1-32-20-9-5-3-7-16(20)21-22(28-15-10-11-18(26)19(27)12-15)24(31)29(23(21)30)13-14-6-2-4-8-17(14)25/h2-12,28H,13H2,1H3. The quantitative estimate of drug-likeness (QED) is 0.576. The Morgan fingerprint density at radius 2 is 1.56 bits per heavy atom. The molecular weight excluding hydrogens is 421 g/mol. The minimum absolute atomic E-state index is 0.0199. The molecule has 0 spiro atoms. The summed E-state index contributed by atoms with van der Waals surface area (Å²) in [5.74, 6) is -3.80. The van der Waals surface area contributed by atoms with E-state index in [1.54, 1.807) is 30.3 Å². The lowest BCUT2D eigenvalue weighted by atomic mass is 10.0. The van der Waals surface area contributed by atoms with Crippen LogP contribution in [0.25, 0.3) is 5.57 Å². The van der Waals surface area contributed by atoms with Crippen molar-refractivity contribution in [2.24, 2.45) is 0 Å². The van der Waals surface area contributed by atoms with Crippen molar-refractivity contribution in [3.8, 4) is 5.75 Å². The Morgan fingerprint density at radius 3 is 2.28 bits per heavy atom. The van der Waals surface area contributed by atoms with E-state index in [0.29, 0.717) is 11.3 Å². The van der Waals surface area contributed by atoms with Crippen LogP contribution in [0.15, 0.2) is 72.4 Å². The Morgan fingerprint density at radius 1 is 0.844 bits per heavy atom. The maximum Gasteiger partial charge on any atom is 0.278 e. The number of hydrogen-bond acceptors (Lipinski definition) is 4. The lowest BCUT2D eigenvalue weighted by Gasteiger charge is -2.16. The number of nitrogens with zero attached hydrogens (tertiary/aromatic N) is 1. The van der Waals surface area contributed by atoms with Gasteiger partial charge in [-0.2, -0.15) is 0 Å². The maximum absolute atomic E-state index is 14.2. The summed E-state index contributed by atoms with van der Waals surface area (Å²) in [6.45, 7) is -0.300. The molecule has 0 unspecified atom stereocenters. The number of para-hydroxylation sites is 1. The fraction of sp³-hybridized carbons (Fsp3) is 0.0833. The van der Waals surface area contributed by atoms with E-state index in [2.05, 4.69) is 5.32 Å². The molecular formula is C24H17F3N2O3. The van der Waals surface area contributed by atoms with Crippen LogP contribution in [-0.2, 0) is 16.1 Å². The summed E-state index contributed by atoms with van der Waals surface area (Å²) in [7, 11) is 1.42. The SMILES string of the molecule is COc1ccccc1C1=C(Nc2ccc(F)c(F)c2)C(=O)N(Cc2ccccc2F)C1=O. The van der Waals surface area contributed by atoms with Crippen LogP contribution in [0.4, 0.5) is 18.9 Å². The van der Waals surface area contributed by atoms with Crippen molar-refractivity contribution in [2.45, 2.75) is 6.54 Å². The molecule has 0 atom stereocenters. The molecule has 8 heteroatoms. The first-order chi connectivity index (χ1) is 15.4. The van der Waals surface area contributed by atoms with E-state index in [1.807, 2.05) is 0 Å². The second kappa shape index (κ2) is 8.58. The van der Waals surface area contributed by atoms with E-state index in [1.165, 1.54) is 31.4 Å². The van der Waals surface area contributed by atoms with Gasteiger partial charge in [-0.25, -0.2) is 13.2 Å². The molecule has 0 bridgehead atoms. The Balaban J connectivity index is 1.80. The highest BCUT2D eigenvalue weighted by atomic mass is 19.2. The highest BCUT2D eigenvalue weighted by Crippen LogP contribution is 2.36. The highest BCUT2D eigenvalue weighted by molar-refractivity contribution is 6.36. The van der Waals surface area contributed by atoms with Crippen molar-refractivity contribution < 1.29 is 27.5 Å². The molecule has 0 aliphatic carbocycles. The first kappa shape index (κ1) is 21.2. The zero-order chi connectivity index (χ0) is 22.8. The van der Waals surface area contributed by atoms with E-state index in [9.17, 15) is 22.8 Å². The fourth-order valence-electron chi connectivity index (χ4n) is 3.45. The van der Waals surface area contributed by atoms with Crippen molar-refractivity contribution in [1.29, 1.82) is 0 Å². The zero-order valence-electron chi connectivity index (χ0n) is 16.9. The van der Waals surface area contributed by atoms with Gasteiger partial charge in [-0.3, -0.25) is 14.5 Å². The lowest BCUT2D eigenvalue weighted by molar-refractivity contribution is -0.137. The van der Waals surface area contributed by atoms with Crippen molar-refractivity contribution in [3.63, 3.8) is 0 Å². The summed E-state index contributed by atoms with van der Waals surface area (Å²) >= 11 is 0. The molecule has 3 aromatic carbocycles. The number of ether oxygens (including phenoxy) is 1. The van der Waals surface area contributed by atoms with Crippen LogP contribution in [0.2, 0.25) is 0 Å². The van der Waals surface area contributed by atoms with Crippen LogP contribution in [0, 0.1) is 17.5 Å². The third kappa shape index (κ3) is 3.82. The number of carbonyl (C=O) groups is 2. The van der Waals surface area contributed by atoms with Crippen LogP contribution in [-0.4, -0.2) is 23.8 Å². The van der Waals surface area contributed by atoms with Gasteiger partial charge in [0.1, 0.15) is 17.3 Å². The molecule has 0 saturated carbocycles. The van der Waals surface area contributed by atoms with E-state index >= 15 is 0 Å². The summed E-state index contributed by atoms with van der Waals surface area (Å²) in [5.41, 5.74) is 0.382. The van der Waals surface area contributed by atoms with Crippen LogP contribution < -0.4 is 10.1 Å². The molecule has 162 valence electrons. The molecule has 1 N–H and O–H groups in total. The average Bonchev–Trinajstić information content (AvgIpc) is 3.01. The Hall–Kier alpha value is -4.07. The second-order valence-electron chi connectivity index (χ2n) is 6.99. The molecule has 1 aliphatic rings. The molecule has 2 amide bonds. The van der Waals surface area contributed by atoms with Gasteiger partial charge in [-0.1, -0.05) is 36.4 Å². The number of carbonyl (C=O) groups excluding carboxylic acids is 2. The Bertz CT molecular complexity index is 1260. The third-order valence-corrected chi connectivity index (χ3v) is 5.02. The Labute approximate surface area is 181 Å². The first-order valence-electron chi connectivity index (χ1n) is 9.60. The van der Waals surface area contributed by atoms with Crippen molar-refractivity contribution in [2.75, 3.05) is 12.4 Å². The van der Waals surface area contributed by atoms with E-state index in [4.69, 9.17) is 4.74 Å². The van der Waals surface area contributed by atoms with Gasteiger partial charge in [0, 0.05) is 22.9 Å². The summed E-state index contributed by atoms with van der Waals surface area (Å²) in [6.07, 6.45) is 0. The predicted molar refractivity (Wildman–Crippen MR) is 112 cm³/mol. The fourth-order valence-corrected chi connectivity index (χ4v) is 3.45. The van der Waals surface area contributed by atoms with E-state index < -0.39 is 29.3 Å².